The van der Waals surface area contributed by atoms with E-state index >= 15 is 0 Å². The van der Waals surface area contributed by atoms with Crippen molar-refractivity contribution in [1.29, 1.82) is 0 Å². The van der Waals surface area contributed by atoms with Crippen molar-refractivity contribution in [2.24, 2.45) is 0 Å². The first-order chi connectivity index (χ1) is 5.43. The Labute approximate surface area is 67.0 Å². The van der Waals surface area contributed by atoms with Crippen molar-refractivity contribution in [1.82, 2.24) is 10.3 Å². The van der Waals surface area contributed by atoms with Crippen LogP contribution in [0.1, 0.15) is 5.56 Å². The molecule has 0 aromatic carbocycles. The lowest BCUT2D eigenvalue weighted by atomic mass is 10.2. The maximum absolute atomic E-state index is 3.99. The monoisotopic (exact) mass is 148 g/mol. The summed E-state index contributed by atoms with van der Waals surface area (Å²) < 4.78 is 0. The van der Waals surface area contributed by atoms with Gasteiger partial charge in [0.05, 0.1) is 0 Å². The van der Waals surface area contributed by atoms with Crippen LogP contribution < -0.4 is 5.32 Å². The van der Waals surface area contributed by atoms with Gasteiger partial charge in [0.2, 0.25) is 0 Å². The van der Waals surface area contributed by atoms with Crippen molar-refractivity contribution in [3.8, 4) is 0 Å². The van der Waals surface area contributed by atoms with Crippen LogP contribution in [0.15, 0.2) is 30.6 Å². The maximum atomic E-state index is 3.99. The van der Waals surface area contributed by atoms with Gasteiger partial charge in [-0.1, -0.05) is 18.2 Å². The van der Waals surface area contributed by atoms with Gasteiger partial charge in [-0.2, -0.15) is 0 Å². The summed E-state index contributed by atoms with van der Waals surface area (Å²) in [7, 11) is 1.92. The average Bonchev–Trinajstić information content (AvgIpc) is 2.07. The second-order valence-corrected chi connectivity index (χ2v) is 2.25. The molecule has 1 aromatic rings. The number of hydrogen-bond donors (Lipinski definition) is 1. The molecule has 0 spiro atoms. The van der Waals surface area contributed by atoms with Crippen molar-refractivity contribution in [3.05, 3.63) is 36.2 Å². The lowest BCUT2D eigenvalue weighted by Gasteiger charge is -1.90. The highest BCUT2D eigenvalue weighted by atomic mass is 14.8. The Kier molecular flexibility index (Phi) is 3.35. The second-order valence-electron chi connectivity index (χ2n) is 2.25. The lowest BCUT2D eigenvalue weighted by molar-refractivity contribution is 0.922. The molecule has 0 fully saturated rings. The number of likely N-dealkylation sites (N-methyl/N-ethyl adjacent to an activating group) is 1. The van der Waals surface area contributed by atoms with E-state index in [9.17, 15) is 0 Å². The van der Waals surface area contributed by atoms with Crippen LogP contribution in [0.4, 0.5) is 0 Å². The van der Waals surface area contributed by atoms with Crippen molar-refractivity contribution in [3.63, 3.8) is 0 Å². The first-order valence-electron chi connectivity index (χ1n) is 3.64. The van der Waals surface area contributed by atoms with Gasteiger partial charge >= 0.3 is 0 Å². The molecule has 1 rings (SSSR count). The summed E-state index contributed by atoms with van der Waals surface area (Å²) >= 11 is 0. The number of nitrogens with zero attached hydrogens (tertiary/aromatic N) is 1. The molecule has 1 aromatic heterocycles. The molecule has 0 aliphatic carbocycles. The van der Waals surface area contributed by atoms with Gasteiger partial charge in [0.25, 0.3) is 0 Å². The summed E-state index contributed by atoms with van der Waals surface area (Å²) in [6, 6.07) is 3.96. The molecular formula is C9H12N2. The van der Waals surface area contributed by atoms with Gasteiger partial charge in [-0.25, -0.2) is 0 Å². The number of aromatic nitrogens is 1. The van der Waals surface area contributed by atoms with E-state index in [0.717, 1.165) is 12.1 Å². The van der Waals surface area contributed by atoms with Crippen LogP contribution in [0, 0.1) is 0 Å². The SMILES string of the molecule is CNC/C=C\c1cccnc1. The Morgan fingerprint density at radius 3 is 3.18 bits per heavy atom. The molecule has 0 aliphatic heterocycles. The van der Waals surface area contributed by atoms with Crippen molar-refractivity contribution >= 4 is 6.08 Å². The summed E-state index contributed by atoms with van der Waals surface area (Å²) in [6.45, 7) is 0.898. The third-order valence-corrected chi connectivity index (χ3v) is 1.32. The second kappa shape index (κ2) is 4.63. The molecule has 0 unspecified atom stereocenters. The molecule has 2 nitrogen and oxygen atoms in total. The van der Waals surface area contributed by atoms with E-state index in [0.29, 0.717) is 0 Å². The molecule has 0 radical (unpaired) electrons. The Hall–Kier alpha value is -1.15. The third kappa shape index (κ3) is 2.96. The largest absolute Gasteiger partial charge is 0.316 e. The highest BCUT2D eigenvalue weighted by Crippen LogP contribution is 1.96. The molecule has 11 heavy (non-hydrogen) atoms. The molecule has 2 heteroatoms. The molecular weight excluding hydrogens is 136 g/mol. The summed E-state index contributed by atoms with van der Waals surface area (Å²) in [5.74, 6) is 0. The molecule has 0 saturated carbocycles. The summed E-state index contributed by atoms with van der Waals surface area (Å²) in [5, 5.41) is 3.03. The zero-order valence-electron chi connectivity index (χ0n) is 6.62. The predicted octanol–water partition coefficient (Wildman–Crippen LogP) is 1.31. The van der Waals surface area contributed by atoms with Gasteiger partial charge < -0.3 is 5.32 Å². The summed E-state index contributed by atoms with van der Waals surface area (Å²) in [4.78, 5) is 3.99. The van der Waals surface area contributed by atoms with Gasteiger partial charge in [-0.15, -0.1) is 0 Å². The Balaban J connectivity index is 2.50. The van der Waals surface area contributed by atoms with E-state index in [1.54, 1.807) is 6.20 Å². The highest BCUT2D eigenvalue weighted by molar-refractivity contribution is 5.47. The number of hydrogen-bond acceptors (Lipinski definition) is 2. The zero-order valence-corrected chi connectivity index (χ0v) is 6.62. The fourth-order valence-electron chi connectivity index (χ4n) is 0.787. The predicted molar refractivity (Wildman–Crippen MR) is 47.2 cm³/mol. The minimum atomic E-state index is 0.898. The van der Waals surface area contributed by atoms with E-state index in [2.05, 4.69) is 16.4 Å². The van der Waals surface area contributed by atoms with Gasteiger partial charge in [-0.3, -0.25) is 4.98 Å². The third-order valence-electron chi connectivity index (χ3n) is 1.32. The smallest absolute Gasteiger partial charge is 0.0340 e. The molecule has 0 aliphatic rings. The van der Waals surface area contributed by atoms with Gasteiger partial charge in [-0.05, 0) is 18.7 Å². The summed E-state index contributed by atoms with van der Waals surface area (Å²) in [6.07, 6.45) is 7.72. The molecule has 0 bridgehead atoms. The van der Waals surface area contributed by atoms with Crippen molar-refractivity contribution in [2.75, 3.05) is 13.6 Å². The first-order valence-corrected chi connectivity index (χ1v) is 3.64. The number of pyridine rings is 1. The quantitative estimate of drug-likeness (QED) is 0.699. The van der Waals surface area contributed by atoms with Gasteiger partial charge in [0, 0.05) is 18.9 Å². The molecule has 1 heterocycles. The minimum Gasteiger partial charge on any atom is -0.316 e. The number of nitrogens with one attached hydrogen (secondary N) is 1. The van der Waals surface area contributed by atoms with E-state index < -0.39 is 0 Å². The van der Waals surface area contributed by atoms with E-state index in [1.165, 1.54) is 0 Å². The topological polar surface area (TPSA) is 24.9 Å². The Bertz CT molecular complexity index is 216. The molecule has 0 atom stereocenters. The van der Waals surface area contributed by atoms with Crippen LogP contribution in [0.2, 0.25) is 0 Å². The van der Waals surface area contributed by atoms with Crippen LogP contribution in [0.25, 0.3) is 6.08 Å². The molecule has 0 amide bonds. The fraction of sp³-hybridized carbons (Fsp3) is 0.222. The Morgan fingerprint density at radius 2 is 2.55 bits per heavy atom. The number of rotatable bonds is 3. The Morgan fingerprint density at radius 1 is 1.64 bits per heavy atom. The summed E-state index contributed by atoms with van der Waals surface area (Å²) in [5.41, 5.74) is 1.14. The van der Waals surface area contributed by atoms with Gasteiger partial charge in [0.1, 0.15) is 0 Å². The maximum Gasteiger partial charge on any atom is 0.0340 e. The van der Waals surface area contributed by atoms with Crippen LogP contribution in [0.3, 0.4) is 0 Å². The molecule has 1 N–H and O–H groups in total. The van der Waals surface area contributed by atoms with Crippen LogP contribution >= 0.6 is 0 Å². The normalized spacial score (nSPS) is 10.6. The van der Waals surface area contributed by atoms with E-state index in [4.69, 9.17) is 0 Å². The standard InChI is InChI=1S/C9H12N2/c1-10-6-2-4-9-5-3-7-11-8-9/h2-5,7-8,10H,6H2,1H3/b4-2-. The lowest BCUT2D eigenvalue weighted by Crippen LogP contribution is -2.03. The zero-order chi connectivity index (χ0) is 7.94. The van der Waals surface area contributed by atoms with E-state index in [-0.39, 0.29) is 0 Å². The van der Waals surface area contributed by atoms with Gasteiger partial charge in [0.15, 0.2) is 0 Å². The molecule has 0 saturated heterocycles. The van der Waals surface area contributed by atoms with Crippen molar-refractivity contribution in [2.45, 2.75) is 0 Å². The minimum absolute atomic E-state index is 0.898. The van der Waals surface area contributed by atoms with Crippen LogP contribution in [0.5, 0.6) is 0 Å². The van der Waals surface area contributed by atoms with Crippen molar-refractivity contribution < 1.29 is 0 Å². The fourth-order valence-corrected chi connectivity index (χ4v) is 0.787. The van der Waals surface area contributed by atoms with E-state index in [1.807, 2.05) is 31.5 Å². The first kappa shape index (κ1) is 7.95. The molecule has 58 valence electrons. The average molecular weight is 148 g/mol. The van der Waals surface area contributed by atoms with Crippen LogP contribution in [-0.4, -0.2) is 18.6 Å². The highest BCUT2D eigenvalue weighted by Gasteiger charge is 1.81. The van der Waals surface area contributed by atoms with Crippen LogP contribution in [-0.2, 0) is 0 Å².